The molecule has 2 aliphatic carbocycles. The van der Waals surface area contributed by atoms with Crippen LogP contribution in [0.4, 0.5) is 17.1 Å². The van der Waals surface area contributed by atoms with Gasteiger partial charge in [0.2, 0.25) is 0 Å². The second kappa shape index (κ2) is 13.0. The van der Waals surface area contributed by atoms with Crippen LogP contribution in [0, 0.1) is 0 Å². The summed E-state index contributed by atoms with van der Waals surface area (Å²) in [5.74, 6) is 0. The molecule has 0 aliphatic heterocycles. The topological polar surface area (TPSA) is 3.24 Å². The summed E-state index contributed by atoms with van der Waals surface area (Å²) in [5.41, 5.74) is 20.2. The first-order valence-corrected chi connectivity index (χ1v) is 20.4. The Morgan fingerprint density at radius 3 is 1.60 bits per heavy atom. The van der Waals surface area contributed by atoms with Gasteiger partial charge in [0.25, 0.3) is 0 Å². The predicted molar refractivity (Wildman–Crippen MR) is 245 cm³/mol. The molecule has 1 heteroatoms. The number of hydrogen-bond donors (Lipinski definition) is 0. The molecule has 1 unspecified atom stereocenters. The van der Waals surface area contributed by atoms with Crippen molar-refractivity contribution in [2.75, 3.05) is 4.90 Å². The van der Waals surface area contributed by atoms with Crippen LogP contribution in [0.25, 0.3) is 55.3 Å². The van der Waals surface area contributed by atoms with Gasteiger partial charge in [-0.2, -0.15) is 0 Å². The van der Waals surface area contributed by atoms with Gasteiger partial charge in [0.1, 0.15) is 0 Å². The molecule has 0 bridgehead atoms. The third-order valence-corrected chi connectivity index (χ3v) is 13.1. The van der Waals surface area contributed by atoms with Gasteiger partial charge < -0.3 is 4.90 Å². The smallest absolute Gasteiger partial charge is 0.0468 e. The second-order valence-corrected chi connectivity index (χ2v) is 16.7. The summed E-state index contributed by atoms with van der Waals surface area (Å²) < 4.78 is 0. The number of fused-ring (bicyclic) bond motifs is 7. The van der Waals surface area contributed by atoms with E-state index >= 15 is 0 Å². The lowest BCUT2D eigenvalue weighted by Gasteiger charge is -2.29. The van der Waals surface area contributed by atoms with E-state index in [-0.39, 0.29) is 10.8 Å². The van der Waals surface area contributed by atoms with Crippen molar-refractivity contribution in [1.29, 1.82) is 0 Å². The van der Waals surface area contributed by atoms with Gasteiger partial charge in [-0.1, -0.05) is 178 Å². The maximum atomic E-state index is 2.43. The van der Waals surface area contributed by atoms with E-state index in [9.17, 15) is 0 Å². The molecule has 9 aromatic carbocycles. The first kappa shape index (κ1) is 34.3. The van der Waals surface area contributed by atoms with Gasteiger partial charge in [-0.3, -0.25) is 0 Å². The van der Waals surface area contributed by atoms with Crippen LogP contribution in [-0.4, -0.2) is 0 Å². The standard InChI is InChI=1S/C57H43N/c1-56(2)52-22-11-9-19-49(52)51-21-13-20-47(55(51)56)40-27-32-45(33-28-40)58(46-34-26-38-14-7-8-15-41(38)36-46)44-30-24-39(25-31-44)42-29-35-50-48-18-10-12-23-53(48)57(3,54(50)37-42)43-16-5-4-6-17-43/h4-37H,1-3H3. The zero-order valence-corrected chi connectivity index (χ0v) is 33.1. The largest absolute Gasteiger partial charge is 0.310 e. The molecule has 0 N–H and O–H groups in total. The van der Waals surface area contributed by atoms with Crippen LogP contribution in [0.3, 0.4) is 0 Å². The fourth-order valence-corrected chi connectivity index (χ4v) is 10.2. The van der Waals surface area contributed by atoms with E-state index in [0.717, 1.165) is 17.1 Å². The molecule has 2 aliphatic rings. The van der Waals surface area contributed by atoms with E-state index in [2.05, 4.69) is 232 Å². The molecule has 0 spiro atoms. The van der Waals surface area contributed by atoms with Gasteiger partial charge in [0.15, 0.2) is 0 Å². The Morgan fingerprint density at radius 1 is 0.328 bits per heavy atom. The molecule has 0 radical (unpaired) electrons. The highest BCUT2D eigenvalue weighted by atomic mass is 15.1. The Bertz CT molecular complexity index is 3030. The Hall–Kier alpha value is -6.96. The molecule has 0 saturated carbocycles. The van der Waals surface area contributed by atoms with Crippen molar-refractivity contribution in [1.82, 2.24) is 0 Å². The van der Waals surface area contributed by atoms with Crippen LogP contribution in [0.5, 0.6) is 0 Å². The van der Waals surface area contributed by atoms with Crippen molar-refractivity contribution in [3.05, 3.63) is 234 Å². The van der Waals surface area contributed by atoms with Crippen LogP contribution in [0.1, 0.15) is 48.6 Å². The molecule has 1 nitrogen and oxygen atoms in total. The van der Waals surface area contributed by atoms with Crippen LogP contribution in [0.2, 0.25) is 0 Å². The maximum Gasteiger partial charge on any atom is 0.0468 e. The highest BCUT2D eigenvalue weighted by Gasteiger charge is 2.41. The van der Waals surface area contributed by atoms with E-state index in [1.165, 1.54) is 83.1 Å². The minimum atomic E-state index is -0.234. The number of anilines is 3. The molecule has 276 valence electrons. The summed E-state index contributed by atoms with van der Waals surface area (Å²) in [4.78, 5) is 2.39. The quantitative estimate of drug-likeness (QED) is 0.164. The molecule has 9 aromatic rings. The zero-order valence-electron chi connectivity index (χ0n) is 33.1. The average molecular weight is 742 g/mol. The van der Waals surface area contributed by atoms with Crippen molar-refractivity contribution in [3.8, 4) is 44.5 Å². The molecular weight excluding hydrogens is 699 g/mol. The van der Waals surface area contributed by atoms with E-state index in [1.807, 2.05) is 0 Å². The Morgan fingerprint density at radius 2 is 0.862 bits per heavy atom. The zero-order chi connectivity index (χ0) is 39.0. The monoisotopic (exact) mass is 741 g/mol. The third-order valence-electron chi connectivity index (χ3n) is 13.1. The molecule has 0 fully saturated rings. The lowest BCUT2D eigenvalue weighted by Crippen LogP contribution is -2.22. The second-order valence-electron chi connectivity index (χ2n) is 16.7. The summed E-state index contributed by atoms with van der Waals surface area (Å²) in [7, 11) is 0. The average Bonchev–Trinajstić information content (AvgIpc) is 3.68. The highest BCUT2D eigenvalue weighted by Crippen LogP contribution is 2.54. The normalized spacial score (nSPS) is 15.7. The van der Waals surface area contributed by atoms with Gasteiger partial charge in [-0.25, -0.2) is 0 Å². The minimum Gasteiger partial charge on any atom is -0.310 e. The van der Waals surface area contributed by atoms with Crippen molar-refractivity contribution in [2.45, 2.75) is 31.6 Å². The van der Waals surface area contributed by atoms with Crippen molar-refractivity contribution in [2.24, 2.45) is 0 Å². The van der Waals surface area contributed by atoms with E-state index in [1.54, 1.807) is 0 Å². The first-order valence-electron chi connectivity index (χ1n) is 20.4. The molecule has 0 heterocycles. The molecule has 58 heavy (non-hydrogen) atoms. The number of hydrogen-bond acceptors (Lipinski definition) is 1. The van der Waals surface area contributed by atoms with Crippen LogP contribution < -0.4 is 4.90 Å². The summed E-state index contributed by atoms with van der Waals surface area (Å²) in [5, 5.41) is 2.46. The molecule has 0 saturated heterocycles. The lowest BCUT2D eigenvalue weighted by atomic mass is 9.74. The Balaban J connectivity index is 0.987. The third kappa shape index (κ3) is 5.16. The van der Waals surface area contributed by atoms with Crippen LogP contribution in [0.15, 0.2) is 206 Å². The fraction of sp³-hybridized carbons (Fsp3) is 0.0877. The summed E-state index contributed by atoms with van der Waals surface area (Å²) >= 11 is 0. The van der Waals surface area contributed by atoms with E-state index < -0.39 is 0 Å². The van der Waals surface area contributed by atoms with Gasteiger partial charge in [0, 0.05) is 27.9 Å². The maximum absolute atomic E-state index is 2.43. The summed E-state index contributed by atoms with van der Waals surface area (Å²) in [6.45, 7) is 7.12. The van der Waals surface area contributed by atoms with Gasteiger partial charge in [-0.15, -0.1) is 0 Å². The van der Waals surface area contributed by atoms with Gasteiger partial charge >= 0.3 is 0 Å². The Kier molecular flexibility index (Phi) is 7.72. The number of benzene rings is 9. The Labute approximate surface area is 341 Å². The molecule has 1 atom stereocenters. The van der Waals surface area contributed by atoms with Crippen molar-refractivity contribution in [3.63, 3.8) is 0 Å². The van der Waals surface area contributed by atoms with E-state index in [4.69, 9.17) is 0 Å². The van der Waals surface area contributed by atoms with E-state index in [0.29, 0.717) is 0 Å². The predicted octanol–water partition coefficient (Wildman–Crippen LogP) is 15.3. The summed E-state index contributed by atoms with van der Waals surface area (Å²) in [6, 6.07) is 76.3. The van der Waals surface area contributed by atoms with Crippen molar-refractivity contribution >= 4 is 27.8 Å². The molecule has 0 aromatic heterocycles. The van der Waals surface area contributed by atoms with Crippen LogP contribution >= 0.6 is 0 Å². The molecule has 0 amide bonds. The molecular formula is C57H43N. The first-order chi connectivity index (χ1) is 28.4. The SMILES string of the molecule is CC1(C)c2ccccc2-c2cccc(-c3ccc(N(c4ccc(-c5ccc6c(c5)C(C)(c5ccccc5)c5ccccc5-6)cc4)c4ccc5ccccc5c4)cc3)c21. The van der Waals surface area contributed by atoms with Gasteiger partial charge in [0.05, 0.1) is 0 Å². The minimum absolute atomic E-state index is 0.0803. The summed E-state index contributed by atoms with van der Waals surface area (Å²) in [6.07, 6.45) is 0. The number of rotatable bonds is 6. The highest BCUT2D eigenvalue weighted by molar-refractivity contribution is 5.92. The molecule has 11 rings (SSSR count). The van der Waals surface area contributed by atoms with Gasteiger partial charge in [-0.05, 0) is 132 Å². The van der Waals surface area contributed by atoms with Crippen molar-refractivity contribution < 1.29 is 0 Å². The number of nitrogens with zero attached hydrogens (tertiary/aromatic N) is 1. The fourth-order valence-electron chi connectivity index (χ4n) is 10.2. The van der Waals surface area contributed by atoms with Crippen LogP contribution in [-0.2, 0) is 10.8 Å². The lowest BCUT2D eigenvalue weighted by molar-refractivity contribution is 0.662.